The average molecular weight is 282 g/mol. The topological polar surface area (TPSA) is 56.7 Å². The predicted octanol–water partition coefficient (Wildman–Crippen LogP) is 2.96. The van der Waals surface area contributed by atoms with Gasteiger partial charge in [-0.1, -0.05) is 0 Å². The normalized spacial score (nSPS) is 15.6. The molecule has 2 aromatic heterocycles. The number of rotatable bonds is 3. The molecule has 1 saturated carbocycles. The minimum absolute atomic E-state index is 0.320. The lowest BCUT2D eigenvalue weighted by molar-refractivity contribution is -0.137. The second-order valence-electron chi connectivity index (χ2n) is 5.02. The van der Waals surface area contributed by atoms with Gasteiger partial charge in [0, 0.05) is 24.5 Å². The first-order chi connectivity index (χ1) is 9.43. The highest BCUT2D eigenvalue weighted by atomic mass is 19.4. The molecule has 2 N–H and O–H groups in total. The van der Waals surface area contributed by atoms with Crippen LogP contribution >= 0.6 is 0 Å². The van der Waals surface area contributed by atoms with Crippen LogP contribution in [0.2, 0.25) is 0 Å². The van der Waals surface area contributed by atoms with Crippen molar-refractivity contribution in [2.24, 2.45) is 5.92 Å². The first-order valence-corrected chi connectivity index (χ1v) is 6.30. The number of alkyl halides is 3. The zero-order valence-electron chi connectivity index (χ0n) is 10.6. The lowest BCUT2D eigenvalue weighted by Crippen LogP contribution is -2.10. The van der Waals surface area contributed by atoms with Crippen molar-refractivity contribution in [3.05, 3.63) is 30.1 Å². The van der Waals surface area contributed by atoms with Gasteiger partial charge in [0.15, 0.2) is 0 Å². The summed E-state index contributed by atoms with van der Waals surface area (Å²) in [5.41, 5.74) is 5.15. The van der Waals surface area contributed by atoms with E-state index in [1.807, 2.05) is 0 Å². The molecule has 3 rings (SSSR count). The van der Waals surface area contributed by atoms with Gasteiger partial charge in [-0.2, -0.15) is 18.3 Å². The van der Waals surface area contributed by atoms with Crippen molar-refractivity contribution >= 4 is 5.82 Å². The van der Waals surface area contributed by atoms with Crippen molar-refractivity contribution in [2.75, 3.05) is 5.73 Å². The van der Waals surface area contributed by atoms with E-state index in [0.29, 0.717) is 17.2 Å². The number of hydrogen-bond donors (Lipinski definition) is 1. The van der Waals surface area contributed by atoms with Gasteiger partial charge in [-0.3, -0.25) is 4.68 Å². The van der Waals surface area contributed by atoms with Gasteiger partial charge in [-0.15, -0.1) is 0 Å². The van der Waals surface area contributed by atoms with E-state index in [1.165, 1.54) is 19.0 Å². The Morgan fingerprint density at radius 1 is 1.35 bits per heavy atom. The van der Waals surface area contributed by atoms with E-state index in [0.717, 1.165) is 12.6 Å². The van der Waals surface area contributed by atoms with Crippen LogP contribution < -0.4 is 5.73 Å². The van der Waals surface area contributed by atoms with E-state index in [4.69, 9.17) is 5.73 Å². The molecule has 106 valence electrons. The Hall–Kier alpha value is -2.05. The fourth-order valence-corrected chi connectivity index (χ4v) is 2.02. The van der Waals surface area contributed by atoms with Crippen molar-refractivity contribution < 1.29 is 13.2 Å². The van der Waals surface area contributed by atoms with E-state index in [1.54, 1.807) is 16.9 Å². The van der Waals surface area contributed by atoms with Crippen LogP contribution in [0, 0.1) is 5.92 Å². The van der Waals surface area contributed by atoms with Crippen LogP contribution in [-0.2, 0) is 12.7 Å². The Labute approximate surface area is 113 Å². The van der Waals surface area contributed by atoms with Crippen molar-refractivity contribution in [1.29, 1.82) is 0 Å². The standard InChI is InChI=1S/C13H13F3N4/c14-13(15,16)10-5-9(6-18-12(10)17)11-3-4-20(19-11)7-8-1-2-8/h3-6,8H,1-2,7H2,(H2,17,18). The van der Waals surface area contributed by atoms with Crippen LogP contribution in [0.3, 0.4) is 0 Å². The van der Waals surface area contributed by atoms with Gasteiger partial charge in [0.2, 0.25) is 0 Å². The minimum atomic E-state index is -4.51. The van der Waals surface area contributed by atoms with E-state index >= 15 is 0 Å². The van der Waals surface area contributed by atoms with Crippen LogP contribution in [-0.4, -0.2) is 14.8 Å². The van der Waals surface area contributed by atoms with E-state index in [-0.39, 0.29) is 0 Å². The van der Waals surface area contributed by atoms with Crippen LogP contribution in [0.25, 0.3) is 11.3 Å². The number of anilines is 1. The number of nitrogens with two attached hydrogens (primary N) is 1. The number of hydrogen-bond acceptors (Lipinski definition) is 3. The first-order valence-electron chi connectivity index (χ1n) is 6.30. The van der Waals surface area contributed by atoms with Crippen molar-refractivity contribution in [2.45, 2.75) is 25.6 Å². The van der Waals surface area contributed by atoms with Gasteiger partial charge in [-0.05, 0) is 30.9 Å². The zero-order chi connectivity index (χ0) is 14.3. The van der Waals surface area contributed by atoms with Gasteiger partial charge in [0.05, 0.1) is 11.3 Å². The molecule has 7 heteroatoms. The number of halogens is 3. The second kappa shape index (κ2) is 4.50. The van der Waals surface area contributed by atoms with Gasteiger partial charge in [0.1, 0.15) is 5.82 Å². The molecular weight excluding hydrogens is 269 g/mol. The summed E-state index contributed by atoms with van der Waals surface area (Å²) in [6, 6.07) is 2.68. The van der Waals surface area contributed by atoms with E-state index in [2.05, 4.69) is 10.1 Å². The smallest absolute Gasteiger partial charge is 0.383 e. The Kier molecular flexibility index (Phi) is 2.92. The lowest BCUT2D eigenvalue weighted by atomic mass is 10.1. The maximum atomic E-state index is 12.8. The second-order valence-corrected chi connectivity index (χ2v) is 5.02. The molecule has 2 heterocycles. The molecule has 4 nitrogen and oxygen atoms in total. The summed E-state index contributed by atoms with van der Waals surface area (Å²) in [5.74, 6) is 0.136. The Balaban J connectivity index is 1.91. The zero-order valence-corrected chi connectivity index (χ0v) is 10.6. The monoisotopic (exact) mass is 282 g/mol. The molecule has 0 spiro atoms. The summed E-state index contributed by atoms with van der Waals surface area (Å²) >= 11 is 0. The Morgan fingerprint density at radius 2 is 2.10 bits per heavy atom. The van der Waals surface area contributed by atoms with Gasteiger partial charge >= 0.3 is 6.18 Å². The summed E-state index contributed by atoms with van der Waals surface area (Å²) in [4.78, 5) is 3.61. The third-order valence-electron chi connectivity index (χ3n) is 3.30. The minimum Gasteiger partial charge on any atom is -0.383 e. The maximum Gasteiger partial charge on any atom is 0.419 e. The molecule has 0 aromatic carbocycles. The van der Waals surface area contributed by atoms with Crippen LogP contribution in [0.4, 0.5) is 19.0 Å². The lowest BCUT2D eigenvalue weighted by Gasteiger charge is -2.09. The fraction of sp³-hybridized carbons (Fsp3) is 0.385. The first kappa shape index (κ1) is 13.0. The van der Waals surface area contributed by atoms with Gasteiger partial charge in [-0.25, -0.2) is 4.98 Å². The van der Waals surface area contributed by atoms with Gasteiger partial charge in [0.25, 0.3) is 0 Å². The van der Waals surface area contributed by atoms with E-state index in [9.17, 15) is 13.2 Å². The third-order valence-corrected chi connectivity index (χ3v) is 3.30. The highest BCUT2D eigenvalue weighted by molar-refractivity contribution is 5.61. The molecule has 2 aromatic rings. The summed E-state index contributed by atoms with van der Waals surface area (Å²) in [6.07, 6.45) is 0.961. The molecule has 1 aliphatic carbocycles. The van der Waals surface area contributed by atoms with Crippen molar-refractivity contribution in [1.82, 2.24) is 14.8 Å². The maximum absolute atomic E-state index is 12.8. The molecule has 0 radical (unpaired) electrons. The van der Waals surface area contributed by atoms with Crippen LogP contribution in [0.5, 0.6) is 0 Å². The molecule has 20 heavy (non-hydrogen) atoms. The fourth-order valence-electron chi connectivity index (χ4n) is 2.02. The molecular formula is C13H13F3N4. The summed E-state index contributed by atoms with van der Waals surface area (Å²) in [6.45, 7) is 0.814. The summed E-state index contributed by atoms with van der Waals surface area (Å²) < 4.78 is 40.1. The summed E-state index contributed by atoms with van der Waals surface area (Å²) in [5, 5.41) is 4.28. The number of nitrogen functional groups attached to an aromatic ring is 1. The number of nitrogens with zero attached hydrogens (tertiary/aromatic N) is 3. The highest BCUT2D eigenvalue weighted by Gasteiger charge is 2.34. The van der Waals surface area contributed by atoms with Crippen molar-refractivity contribution in [3.63, 3.8) is 0 Å². The molecule has 1 aliphatic rings. The molecule has 0 bridgehead atoms. The van der Waals surface area contributed by atoms with Crippen LogP contribution in [0.15, 0.2) is 24.5 Å². The number of aromatic nitrogens is 3. The highest BCUT2D eigenvalue weighted by Crippen LogP contribution is 2.35. The molecule has 0 amide bonds. The average Bonchev–Trinajstić information content (AvgIpc) is 3.05. The molecule has 0 unspecified atom stereocenters. The molecule has 1 fully saturated rings. The SMILES string of the molecule is Nc1ncc(-c2ccn(CC3CC3)n2)cc1C(F)(F)F. The quantitative estimate of drug-likeness (QED) is 0.941. The molecule has 0 atom stereocenters. The molecule has 0 saturated heterocycles. The van der Waals surface area contributed by atoms with Crippen molar-refractivity contribution in [3.8, 4) is 11.3 Å². The molecule has 0 aliphatic heterocycles. The van der Waals surface area contributed by atoms with Crippen LogP contribution in [0.1, 0.15) is 18.4 Å². The number of pyridine rings is 1. The summed E-state index contributed by atoms with van der Waals surface area (Å²) in [7, 11) is 0. The van der Waals surface area contributed by atoms with E-state index < -0.39 is 17.6 Å². The largest absolute Gasteiger partial charge is 0.419 e. The Bertz CT molecular complexity index is 629. The predicted molar refractivity (Wildman–Crippen MR) is 67.6 cm³/mol. The van der Waals surface area contributed by atoms with Gasteiger partial charge < -0.3 is 5.73 Å². The third kappa shape index (κ3) is 2.61. The Morgan fingerprint density at radius 3 is 2.75 bits per heavy atom.